The molecule has 0 saturated carbocycles. The van der Waals surface area contributed by atoms with E-state index in [4.69, 9.17) is 16.9 Å². The predicted octanol–water partition coefficient (Wildman–Crippen LogP) is 4.13. The quantitative estimate of drug-likeness (QED) is 0.381. The van der Waals surface area contributed by atoms with Crippen LogP contribution in [0.4, 0.5) is 0 Å². The summed E-state index contributed by atoms with van der Waals surface area (Å²) in [4.78, 5) is 4.57. The Bertz CT molecular complexity index is 740. The summed E-state index contributed by atoms with van der Waals surface area (Å²) in [5.74, 6) is 0.766. The van der Waals surface area contributed by atoms with Crippen molar-refractivity contribution in [3.63, 3.8) is 0 Å². The van der Waals surface area contributed by atoms with Gasteiger partial charge in [0.25, 0.3) is 0 Å². The molecule has 0 bridgehead atoms. The fraction of sp³-hybridized carbons (Fsp3) is 0.263. The molecule has 0 aliphatic carbocycles. The van der Waals surface area contributed by atoms with E-state index >= 15 is 0 Å². The molecule has 0 fully saturated rings. The van der Waals surface area contributed by atoms with E-state index in [1.165, 1.54) is 5.56 Å². The fourth-order valence-corrected chi connectivity index (χ4v) is 2.48. The lowest BCUT2D eigenvalue weighted by atomic mass is 10.1. The van der Waals surface area contributed by atoms with Gasteiger partial charge in [-0.1, -0.05) is 35.9 Å². The van der Waals surface area contributed by atoms with Crippen LogP contribution in [0, 0.1) is 11.3 Å². The summed E-state index contributed by atoms with van der Waals surface area (Å²) in [6, 6.07) is 17.5. The van der Waals surface area contributed by atoms with Crippen LogP contribution in [0.5, 0.6) is 0 Å². The number of nitriles is 1. The van der Waals surface area contributed by atoms with Crippen molar-refractivity contribution in [1.82, 2.24) is 10.6 Å². The van der Waals surface area contributed by atoms with Crippen molar-refractivity contribution in [2.45, 2.75) is 19.9 Å². The van der Waals surface area contributed by atoms with Crippen molar-refractivity contribution in [3.05, 3.63) is 70.2 Å². The molecule has 0 aliphatic rings. The van der Waals surface area contributed by atoms with Crippen molar-refractivity contribution in [2.24, 2.45) is 4.99 Å². The number of benzene rings is 2. The van der Waals surface area contributed by atoms with Gasteiger partial charge in [0.1, 0.15) is 0 Å². The molecule has 0 radical (unpaired) electrons. The van der Waals surface area contributed by atoms with Crippen molar-refractivity contribution >= 4 is 41.5 Å². The van der Waals surface area contributed by atoms with E-state index < -0.39 is 0 Å². The van der Waals surface area contributed by atoms with Crippen LogP contribution in [0.3, 0.4) is 0 Å². The molecule has 2 aromatic rings. The average molecular weight is 469 g/mol. The van der Waals surface area contributed by atoms with Gasteiger partial charge in [-0.2, -0.15) is 5.26 Å². The molecule has 0 aliphatic heterocycles. The molecule has 2 N–H and O–H groups in total. The maximum Gasteiger partial charge on any atom is 0.191 e. The zero-order chi connectivity index (χ0) is 17.2. The Balaban J connectivity index is 0.00000312. The zero-order valence-corrected chi connectivity index (χ0v) is 17.2. The summed E-state index contributed by atoms with van der Waals surface area (Å²) in [5.41, 5.74) is 2.86. The standard InChI is InChI=1S/C19H21ClN4.HI/c1-2-22-19(23-10-9-15-5-4-8-18(20)12-15)24-14-17-7-3-6-16(11-17)13-21;/h3-8,11-12H,2,9-10,14H2,1H3,(H2,22,23,24);1H. The van der Waals surface area contributed by atoms with Gasteiger partial charge in [0.15, 0.2) is 5.96 Å². The molecule has 0 unspecified atom stereocenters. The molecule has 25 heavy (non-hydrogen) atoms. The number of hydrogen-bond acceptors (Lipinski definition) is 2. The van der Waals surface area contributed by atoms with Gasteiger partial charge in [-0.15, -0.1) is 24.0 Å². The highest BCUT2D eigenvalue weighted by Crippen LogP contribution is 2.10. The number of nitrogens with one attached hydrogen (secondary N) is 2. The normalized spacial score (nSPS) is 10.5. The Morgan fingerprint density at radius 3 is 2.60 bits per heavy atom. The molecule has 2 rings (SSSR count). The molecule has 4 nitrogen and oxygen atoms in total. The molecule has 0 amide bonds. The molecule has 0 heterocycles. The summed E-state index contributed by atoms with van der Waals surface area (Å²) in [6.07, 6.45) is 0.870. The lowest BCUT2D eigenvalue weighted by Gasteiger charge is -2.11. The summed E-state index contributed by atoms with van der Waals surface area (Å²) in [5, 5.41) is 16.2. The van der Waals surface area contributed by atoms with E-state index in [9.17, 15) is 0 Å². The first-order chi connectivity index (χ1) is 11.7. The van der Waals surface area contributed by atoms with Crippen LogP contribution in [0.15, 0.2) is 53.5 Å². The minimum Gasteiger partial charge on any atom is -0.357 e. The van der Waals surface area contributed by atoms with E-state index in [1.54, 1.807) is 6.07 Å². The van der Waals surface area contributed by atoms with Gasteiger partial charge in [0.2, 0.25) is 0 Å². The largest absolute Gasteiger partial charge is 0.357 e. The molecule has 6 heteroatoms. The van der Waals surface area contributed by atoms with E-state index in [1.807, 2.05) is 43.3 Å². The first kappa shape index (κ1) is 21.3. The van der Waals surface area contributed by atoms with Crippen LogP contribution in [0.25, 0.3) is 0 Å². The first-order valence-corrected chi connectivity index (χ1v) is 8.34. The highest BCUT2D eigenvalue weighted by Gasteiger charge is 2.00. The summed E-state index contributed by atoms with van der Waals surface area (Å²) in [6.45, 7) is 4.12. The molecule has 2 aromatic carbocycles. The monoisotopic (exact) mass is 468 g/mol. The van der Waals surface area contributed by atoms with Crippen LogP contribution in [0.1, 0.15) is 23.6 Å². The molecule has 0 saturated heterocycles. The first-order valence-electron chi connectivity index (χ1n) is 7.97. The molecule has 132 valence electrons. The number of rotatable bonds is 6. The van der Waals surface area contributed by atoms with E-state index in [0.717, 1.165) is 36.1 Å². The Hall–Kier alpha value is -1.78. The van der Waals surface area contributed by atoms with E-state index in [-0.39, 0.29) is 24.0 Å². The lowest BCUT2D eigenvalue weighted by molar-refractivity contribution is 0.799. The fourth-order valence-electron chi connectivity index (χ4n) is 2.27. The van der Waals surface area contributed by atoms with Crippen LogP contribution < -0.4 is 10.6 Å². The van der Waals surface area contributed by atoms with Crippen LogP contribution in [-0.4, -0.2) is 19.0 Å². The zero-order valence-electron chi connectivity index (χ0n) is 14.1. The van der Waals surface area contributed by atoms with Gasteiger partial charge in [0.05, 0.1) is 18.2 Å². The van der Waals surface area contributed by atoms with E-state index in [0.29, 0.717) is 12.1 Å². The van der Waals surface area contributed by atoms with Crippen LogP contribution >= 0.6 is 35.6 Å². The highest BCUT2D eigenvalue weighted by atomic mass is 127. The Kier molecular flexibility index (Phi) is 9.97. The minimum atomic E-state index is 0. The number of nitrogens with zero attached hydrogens (tertiary/aromatic N) is 2. The second-order valence-electron chi connectivity index (χ2n) is 5.31. The predicted molar refractivity (Wildman–Crippen MR) is 115 cm³/mol. The second kappa shape index (κ2) is 11.7. The lowest BCUT2D eigenvalue weighted by Crippen LogP contribution is -2.38. The van der Waals surface area contributed by atoms with Crippen LogP contribution in [0.2, 0.25) is 5.02 Å². The molecule has 0 aromatic heterocycles. The van der Waals surface area contributed by atoms with E-state index in [2.05, 4.69) is 27.8 Å². The SMILES string of the molecule is CCNC(=NCc1cccc(C#N)c1)NCCc1cccc(Cl)c1.I. The average Bonchev–Trinajstić information content (AvgIpc) is 2.60. The summed E-state index contributed by atoms with van der Waals surface area (Å²) in [7, 11) is 0. The van der Waals surface area contributed by atoms with Crippen molar-refractivity contribution in [3.8, 4) is 6.07 Å². The maximum absolute atomic E-state index is 8.95. The van der Waals surface area contributed by atoms with Crippen molar-refractivity contribution < 1.29 is 0 Å². The van der Waals surface area contributed by atoms with Gasteiger partial charge >= 0.3 is 0 Å². The van der Waals surface area contributed by atoms with Gasteiger partial charge in [-0.3, -0.25) is 0 Å². The second-order valence-corrected chi connectivity index (χ2v) is 5.75. The Morgan fingerprint density at radius 1 is 1.12 bits per heavy atom. The minimum absolute atomic E-state index is 0. The van der Waals surface area contributed by atoms with Gasteiger partial charge in [-0.05, 0) is 48.7 Å². The number of halogens is 2. The summed E-state index contributed by atoms with van der Waals surface area (Å²) < 4.78 is 0. The Morgan fingerprint density at radius 2 is 1.88 bits per heavy atom. The van der Waals surface area contributed by atoms with Gasteiger partial charge < -0.3 is 10.6 Å². The van der Waals surface area contributed by atoms with Crippen LogP contribution in [-0.2, 0) is 13.0 Å². The van der Waals surface area contributed by atoms with Crippen molar-refractivity contribution in [2.75, 3.05) is 13.1 Å². The number of hydrogen-bond donors (Lipinski definition) is 2. The molecule has 0 atom stereocenters. The topological polar surface area (TPSA) is 60.2 Å². The Labute approximate surface area is 171 Å². The maximum atomic E-state index is 8.95. The third-order valence-electron chi connectivity index (χ3n) is 3.42. The number of aliphatic imine (C=N–C) groups is 1. The third-order valence-corrected chi connectivity index (χ3v) is 3.65. The molecular weight excluding hydrogens is 447 g/mol. The summed E-state index contributed by atoms with van der Waals surface area (Å²) >= 11 is 6.00. The smallest absolute Gasteiger partial charge is 0.191 e. The molecular formula is C19H22ClIN4. The third kappa shape index (κ3) is 7.76. The molecule has 0 spiro atoms. The number of guanidine groups is 1. The van der Waals surface area contributed by atoms with Gasteiger partial charge in [0, 0.05) is 18.1 Å². The van der Waals surface area contributed by atoms with Gasteiger partial charge in [-0.25, -0.2) is 4.99 Å². The van der Waals surface area contributed by atoms with Crippen molar-refractivity contribution in [1.29, 1.82) is 5.26 Å². The highest BCUT2D eigenvalue weighted by molar-refractivity contribution is 14.0.